The lowest BCUT2D eigenvalue weighted by Gasteiger charge is -2.39. The van der Waals surface area contributed by atoms with Crippen LogP contribution in [0.4, 0.5) is 0 Å². The molecule has 0 aliphatic heterocycles. The summed E-state index contributed by atoms with van der Waals surface area (Å²) in [4.78, 5) is 25.3. The van der Waals surface area contributed by atoms with Gasteiger partial charge in [-0.15, -0.1) is 0 Å². The molecule has 0 aromatic heterocycles. The Labute approximate surface area is 192 Å². The second-order valence-corrected chi connectivity index (χ2v) is 11.4. The molecule has 5 nitrogen and oxygen atoms in total. The van der Waals surface area contributed by atoms with Crippen molar-refractivity contribution in [2.75, 3.05) is 0 Å². The van der Waals surface area contributed by atoms with E-state index in [2.05, 4.69) is 13.8 Å². The van der Waals surface area contributed by atoms with Crippen LogP contribution >= 0.6 is 0 Å². The van der Waals surface area contributed by atoms with E-state index in [4.69, 9.17) is 4.74 Å². The van der Waals surface area contributed by atoms with Gasteiger partial charge in [-0.25, -0.2) is 0 Å². The summed E-state index contributed by atoms with van der Waals surface area (Å²) in [5.41, 5.74) is -0.466. The number of hydrogen-bond acceptors (Lipinski definition) is 4. The molecule has 0 amide bonds. The Hall–Kier alpha value is -2.04. The highest BCUT2D eigenvalue weighted by molar-refractivity contribution is 5.75. The van der Waals surface area contributed by atoms with Crippen LogP contribution in [0.25, 0.3) is 0 Å². The molecule has 2 bridgehead atoms. The standard InChI is InChI=1S/C27H40O5/c1-7-25(4,24(30)31)16-26(5,20-8-10-21(28)11-9-20)15-17(2)23(29)32-22-14-19-12-13-27(22,6)18(19)3/h8-11,17-19,22,28H,7,12-16H2,1-6H3,(H,30,31). The Morgan fingerprint density at radius 3 is 2.34 bits per heavy atom. The van der Waals surface area contributed by atoms with Gasteiger partial charge in [-0.3, -0.25) is 9.59 Å². The van der Waals surface area contributed by atoms with Crippen LogP contribution in [-0.2, 0) is 19.7 Å². The minimum absolute atomic E-state index is 0.0222. The first-order chi connectivity index (χ1) is 14.8. The van der Waals surface area contributed by atoms with Gasteiger partial charge in [0.15, 0.2) is 0 Å². The summed E-state index contributed by atoms with van der Waals surface area (Å²) < 4.78 is 6.09. The zero-order valence-electron chi connectivity index (χ0n) is 20.5. The van der Waals surface area contributed by atoms with Crippen LogP contribution in [0.15, 0.2) is 24.3 Å². The first kappa shape index (κ1) is 24.6. The molecule has 0 spiro atoms. The molecule has 7 unspecified atom stereocenters. The normalized spacial score (nSPS) is 31.5. The third-order valence-electron chi connectivity index (χ3n) is 9.11. The van der Waals surface area contributed by atoms with E-state index < -0.39 is 16.8 Å². The highest BCUT2D eigenvalue weighted by Gasteiger charge is 2.56. The number of esters is 1. The van der Waals surface area contributed by atoms with Crippen molar-refractivity contribution in [3.05, 3.63) is 29.8 Å². The number of hydrogen-bond donors (Lipinski definition) is 2. The number of carbonyl (C=O) groups excluding carboxylic acids is 1. The van der Waals surface area contributed by atoms with Crippen LogP contribution < -0.4 is 0 Å². The number of ether oxygens (including phenoxy) is 1. The smallest absolute Gasteiger partial charge is 0.309 e. The fourth-order valence-corrected chi connectivity index (χ4v) is 6.40. The maximum Gasteiger partial charge on any atom is 0.309 e. The Bertz CT molecular complexity index is 848. The van der Waals surface area contributed by atoms with Gasteiger partial charge >= 0.3 is 11.9 Å². The predicted octanol–water partition coefficient (Wildman–Crippen LogP) is 5.94. The van der Waals surface area contributed by atoms with E-state index in [-0.39, 0.29) is 29.2 Å². The molecule has 0 radical (unpaired) electrons. The summed E-state index contributed by atoms with van der Waals surface area (Å²) >= 11 is 0. The molecule has 178 valence electrons. The van der Waals surface area contributed by atoms with Crippen molar-refractivity contribution in [3.63, 3.8) is 0 Å². The number of carboxylic acids is 1. The number of carboxylic acid groups (broad SMARTS) is 1. The number of carbonyl (C=O) groups is 2. The highest BCUT2D eigenvalue weighted by atomic mass is 16.5. The number of phenols is 1. The molecule has 3 rings (SSSR count). The maximum atomic E-state index is 13.2. The molecule has 1 aromatic carbocycles. The Morgan fingerprint density at radius 1 is 1.25 bits per heavy atom. The van der Waals surface area contributed by atoms with E-state index in [1.807, 2.05) is 32.9 Å². The van der Waals surface area contributed by atoms with Gasteiger partial charge in [0.2, 0.25) is 0 Å². The minimum Gasteiger partial charge on any atom is -0.508 e. The third kappa shape index (κ3) is 4.40. The monoisotopic (exact) mass is 444 g/mol. The second kappa shape index (κ2) is 8.72. The number of aliphatic carboxylic acids is 1. The zero-order chi connectivity index (χ0) is 23.9. The first-order valence-electron chi connectivity index (χ1n) is 12.1. The van der Waals surface area contributed by atoms with Gasteiger partial charge in [0, 0.05) is 5.41 Å². The number of phenolic OH excluding ortho intramolecular Hbond substituents is 1. The van der Waals surface area contributed by atoms with Crippen molar-refractivity contribution >= 4 is 11.9 Å². The van der Waals surface area contributed by atoms with Crippen molar-refractivity contribution in [1.82, 2.24) is 0 Å². The van der Waals surface area contributed by atoms with Gasteiger partial charge in [-0.1, -0.05) is 46.8 Å². The van der Waals surface area contributed by atoms with Gasteiger partial charge in [0.05, 0.1) is 11.3 Å². The van der Waals surface area contributed by atoms with Crippen molar-refractivity contribution in [2.45, 2.75) is 91.6 Å². The molecule has 2 N–H and O–H groups in total. The summed E-state index contributed by atoms with van der Waals surface area (Å²) in [6.45, 7) is 12.1. The molecule has 0 heterocycles. The van der Waals surface area contributed by atoms with Crippen LogP contribution in [0.1, 0.15) is 85.6 Å². The average Bonchev–Trinajstić information content (AvgIpc) is 3.14. The fraction of sp³-hybridized carbons (Fsp3) is 0.704. The summed E-state index contributed by atoms with van der Waals surface area (Å²) in [5, 5.41) is 19.6. The van der Waals surface area contributed by atoms with Crippen molar-refractivity contribution in [3.8, 4) is 5.75 Å². The molecule has 0 saturated heterocycles. The van der Waals surface area contributed by atoms with E-state index in [1.165, 1.54) is 6.42 Å². The Balaban J connectivity index is 1.80. The Kier molecular flexibility index (Phi) is 6.70. The van der Waals surface area contributed by atoms with E-state index in [0.29, 0.717) is 31.1 Å². The summed E-state index contributed by atoms with van der Waals surface area (Å²) in [6, 6.07) is 6.92. The molecule has 1 aromatic rings. The minimum atomic E-state index is -0.913. The second-order valence-electron chi connectivity index (χ2n) is 11.4. The summed E-state index contributed by atoms with van der Waals surface area (Å²) in [6.07, 6.45) is 4.66. The molecule has 2 fully saturated rings. The maximum absolute atomic E-state index is 13.2. The average molecular weight is 445 g/mol. The third-order valence-corrected chi connectivity index (χ3v) is 9.11. The molecule has 2 aliphatic carbocycles. The lowest BCUT2D eigenvalue weighted by atomic mass is 9.65. The van der Waals surface area contributed by atoms with E-state index in [9.17, 15) is 19.8 Å². The van der Waals surface area contributed by atoms with Gasteiger partial charge in [-0.2, -0.15) is 0 Å². The predicted molar refractivity (Wildman–Crippen MR) is 124 cm³/mol. The lowest BCUT2D eigenvalue weighted by molar-refractivity contribution is -0.161. The molecule has 2 saturated carbocycles. The number of fused-ring (bicyclic) bond motifs is 2. The molecule has 32 heavy (non-hydrogen) atoms. The van der Waals surface area contributed by atoms with Gasteiger partial charge in [-0.05, 0) is 80.4 Å². The number of benzene rings is 1. The quantitative estimate of drug-likeness (QED) is 0.461. The molecule has 5 heteroatoms. The SMILES string of the molecule is CCC(C)(CC(C)(CC(C)C(=O)OC1CC2CCC1(C)C2C)c1ccc(O)cc1)C(=O)O. The van der Waals surface area contributed by atoms with Gasteiger partial charge in [0.1, 0.15) is 11.9 Å². The van der Waals surface area contributed by atoms with Crippen LogP contribution in [-0.4, -0.2) is 28.3 Å². The van der Waals surface area contributed by atoms with Crippen molar-refractivity contribution in [1.29, 1.82) is 0 Å². The van der Waals surface area contributed by atoms with Crippen molar-refractivity contribution < 1.29 is 24.5 Å². The van der Waals surface area contributed by atoms with Gasteiger partial charge in [0.25, 0.3) is 0 Å². The van der Waals surface area contributed by atoms with Gasteiger partial charge < -0.3 is 14.9 Å². The van der Waals surface area contributed by atoms with Crippen molar-refractivity contribution in [2.24, 2.45) is 28.6 Å². The molecule has 7 atom stereocenters. The first-order valence-corrected chi connectivity index (χ1v) is 12.1. The lowest BCUT2D eigenvalue weighted by Crippen LogP contribution is -2.40. The molecular weight excluding hydrogens is 404 g/mol. The highest BCUT2D eigenvalue weighted by Crippen LogP contribution is 2.59. The topological polar surface area (TPSA) is 83.8 Å². The fourth-order valence-electron chi connectivity index (χ4n) is 6.40. The summed E-state index contributed by atoms with van der Waals surface area (Å²) in [5.74, 6) is 0.0222. The van der Waals surface area contributed by atoms with Crippen LogP contribution in [0.5, 0.6) is 5.75 Å². The Morgan fingerprint density at radius 2 is 1.88 bits per heavy atom. The van der Waals surface area contributed by atoms with E-state index >= 15 is 0 Å². The van der Waals surface area contributed by atoms with Crippen LogP contribution in [0.2, 0.25) is 0 Å². The summed E-state index contributed by atoms with van der Waals surface area (Å²) in [7, 11) is 0. The molecular formula is C27H40O5. The van der Waals surface area contributed by atoms with Crippen LogP contribution in [0.3, 0.4) is 0 Å². The number of rotatable bonds is 9. The van der Waals surface area contributed by atoms with E-state index in [0.717, 1.165) is 18.4 Å². The number of aromatic hydroxyl groups is 1. The van der Waals surface area contributed by atoms with E-state index in [1.54, 1.807) is 19.1 Å². The zero-order valence-corrected chi connectivity index (χ0v) is 20.5. The largest absolute Gasteiger partial charge is 0.508 e. The molecule has 2 aliphatic rings. The van der Waals surface area contributed by atoms with Crippen LogP contribution in [0, 0.1) is 28.6 Å².